The van der Waals surface area contributed by atoms with E-state index in [9.17, 15) is 4.79 Å². The number of carboxylic acids is 1. The number of aliphatic carboxylic acids is 1. The standard InChI is InChI=1S/C11H9NO4/c13-11(14)6-8(12-15)10-5-7-3-1-2-4-9(7)16-10/h1-5,15H,6H2,(H,13,14)/b12-8-. The van der Waals surface area contributed by atoms with E-state index in [0.717, 1.165) is 5.39 Å². The highest BCUT2D eigenvalue weighted by Crippen LogP contribution is 2.20. The molecule has 1 aromatic carbocycles. The quantitative estimate of drug-likeness (QED) is 0.470. The second kappa shape index (κ2) is 4.06. The van der Waals surface area contributed by atoms with Crippen molar-refractivity contribution in [1.82, 2.24) is 0 Å². The average molecular weight is 219 g/mol. The van der Waals surface area contributed by atoms with Crippen molar-refractivity contribution in [1.29, 1.82) is 0 Å². The van der Waals surface area contributed by atoms with Gasteiger partial charge in [-0.2, -0.15) is 0 Å². The van der Waals surface area contributed by atoms with Crippen molar-refractivity contribution in [3.05, 3.63) is 36.1 Å². The monoisotopic (exact) mass is 219 g/mol. The second-order valence-corrected chi connectivity index (χ2v) is 3.27. The highest BCUT2D eigenvalue weighted by Gasteiger charge is 2.14. The lowest BCUT2D eigenvalue weighted by Gasteiger charge is -1.95. The maximum absolute atomic E-state index is 10.5. The van der Waals surface area contributed by atoms with Gasteiger partial charge in [-0.1, -0.05) is 23.4 Å². The fraction of sp³-hybridized carbons (Fsp3) is 0.0909. The number of hydrogen-bond donors (Lipinski definition) is 2. The lowest BCUT2D eigenvalue weighted by atomic mass is 10.2. The van der Waals surface area contributed by atoms with Crippen LogP contribution in [0, 0.1) is 0 Å². The fourth-order valence-electron chi connectivity index (χ4n) is 1.44. The smallest absolute Gasteiger partial charge is 0.309 e. The van der Waals surface area contributed by atoms with Gasteiger partial charge in [-0.15, -0.1) is 0 Å². The van der Waals surface area contributed by atoms with Gasteiger partial charge in [0.25, 0.3) is 0 Å². The second-order valence-electron chi connectivity index (χ2n) is 3.27. The van der Waals surface area contributed by atoms with E-state index in [2.05, 4.69) is 5.16 Å². The third-order valence-corrected chi connectivity index (χ3v) is 2.15. The molecule has 82 valence electrons. The number of carbonyl (C=O) groups is 1. The maximum Gasteiger partial charge on any atom is 0.309 e. The third-order valence-electron chi connectivity index (χ3n) is 2.15. The molecular weight excluding hydrogens is 210 g/mol. The van der Waals surface area contributed by atoms with Gasteiger partial charge in [0.05, 0.1) is 6.42 Å². The Bertz CT molecular complexity index is 523. The number of benzene rings is 1. The summed E-state index contributed by atoms with van der Waals surface area (Å²) in [5, 5.41) is 21.1. The number of fused-ring (bicyclic) bond motifs is 1. The van der Waals surface area contributed by atoms with Crippen molar-refractivity contribution in [2.75, 3.05) is 0 Å². The Morgan fingerprint density at radius 3 is 2.75 bits per heavy atom. The van der Waals surface area contributed by atoms with Crippen LogP contribution in [0.4, 0.5) is 0 Å². The van der Waals surface area contributed by atoms with E-state index in [-0.39, 0.29) is 17.9 Å². The molecule has 1 aromatic heterocycles. The number of nitrogens with zero attached hydrogens (tertiary/aromatic N) is 1. The Labute approximate surface area is 90.6 Å². The molecule has 0 fully saturated rings. The van der Waals surface area contributed by atoms with Crippen LogP contribution in [0.2, 0.25) is 0 Å². The summed E-state index contributed by atoms with van der Waals surface area (Å²) in [6, 6.07) is 8.89. The highest BCUT2D eigenvalue weighted by molar-refractivity contribution is 6.08. The summed E-state index contributed by atoms with van der Waals surface area (Å²) >= 11 is 0. The summed E-state index contributed by atoms with van der Waals surface area (Å²) in [4.78, 5) is 10.5. The minimum atomic E-state index is -1.08. The van der Waals surface area contributed by atoms with Crippen LogP contribution < -0.4 is 0 Å². The van der Waals surface area contributed by atoms with E-state index in [4.69, 9.17) is 14.7 Å². The molecule has 0 aliphatic heterocycles. The summed E-state index contributed by atoms with van der Waals surface area (Å²) in [5.74, 6) is -0.806. The molecule has 0 atom stereocenters. The van der Waals surface area contributed by atoms with Gasteiger partial charge in [-0.05, 0) is 12.1 Å². The van der Waals surface area contributed by atoms with E-state index in [1.54, 1.807) is 12.1 Å². The van der Waals surface area contributed by atoms with Crippen LogP contribution in [-0.4, -0.2) is 22.0 Å². The summed E-state index contributed by atoms with van der Waals surface area (Å²) in [6.45, 7) is 0. The number of carboxylic acid groups (broad SMARTS) is 1. The zero-order valence-electron chi connectivity index (χ0n) is 8.25. The van der Waals surface area contributed by atoms with E-state index in [0.29, 0.717) is 5.58 Å². The van der Waals surface area contributed by atoms with Gasteiger partial charge < -0.3 is 14.7 Å². The molecule has 0 aliphatic carbocycles. The van der Waals surface area contributed by atoms with Crippen LogP contribution >= 0.6 is 0 Å². The molecule has 0 unspecified atom stereocenters. The van der Waals surface area contributed by atoms with Crippen molar-refractivity contribution < 1.29 is 19.5 Å². The predicted octanol–water partition coefficient (Wildman–Crippen LogP) is 2.09. The Hall–Kier alpha value is -2.30. The minimum absolute atomic E-state index is 0.00343. The van der Waals surface area contributed by atoms with Crippen LogP contribution in [0.25, 0.3) is 11.0 Å². The molecule has 2 aromatic rings. The molecule has 5 nitrogen and oxygen atoms in total. The Morgan fingerprint density at radius 2 is 2.12 bits per heavy atom. The van der Waals surface area contributed by atoms with Gasteiger partial charge >= 0.3 is 5.97 Å². The largest absolute Gasteiger partial charge is 0.481 e. The molecule has 1 heterocycles. The van der Waals surface area contributed by atoms with Crippen molar-refractivity contribution >= 4 is 22.7 Å². The number of para-hydroxylation sites is 1. The summed E-state index contributed by atoms with van der Waals surface area (Å²) in [5.41, 5.74) is 0.632. The molecule has 0 radical (unpaired) electrons. The Balaban J connectivity index is 2.42. The molecule has 0 saturated carbocycles. The third kappa shape index (κ3) is 1.88. The first-order valence-corrected chi connectivity index (χ1v) is 4.62. The zero-order chi connectivity index (χ0) is 11.5. The molecule has 0 aliphatic rings. The molecule has 5 heteroatoms. The van der Waals surface area contributed by atoms with Gasteiger partial charge in [-0.25, -0.2) is 0 Å². The van der Waals surface area contributed by atoms with E-state index < -0.39 is 5.97 Å². The van der Waals surface area contributed by atoms with Crippen LogP contribution in [-0.2, 0) is 4.79 Å². The normalized spacial score (nSPS) is 11.9. The van der Waals surface area contributed by atoms with Crippen LogP contribution in [0.1, 0.15) is 12.2 Å². The number of rotatable bonds is 3. The first kappa shape index (κ1) is 10.2. The van der Waals surface area contributed by atoms with Crippen molar-refractivity contribution in [3.8, 4) is 0 Å². The first-order chi connectivity index (χ1) is 7.70. The average Bonchev–Trinajstić information content (AvgIpc) is 2.68. The Kier molecular flexibility index (Phi) is 2.59. The van der Waals surface area contributed by atoms with Gasteiger partial charge in [0.1, 0.15) is 11.3 Å². The molecule has 0 saturated heterocycles. The van der Waals surface area contributed by atoms with Gasteiger partial charge in [0.2, 0.25) is 0 Å². The predicted molar refractivity (Wildman–Crippen MR) is 56.8 cm³/mol. The zero-order valence-corrected chi connectivity index (χ0v) is 8.25. The van der Waals surface area contributed by atoms with E-state index >= 15 is 0 Å². The van der Waals surface area contributed by atoms with E-state index in [1.807, 2.05) is 18.2 Å². The SMILES string of the molecule is O=C(O)C/C(=N/O)c1cc2ccccc2o1. The molecule has 0 amide bonds. The van der Waals surface area contributed by atoms with Crippen LogP contribution in [0.3, 0.4) is 0 Å². The van der Waals surface area contributed by atoms with Crippen LogP contribution in [0.15, 0.2) is 39.9 Å². The highest BCUT2D eigenvalue weighted by atomic mass is 16.4. The summed E-state index contributed by atoms with van der Waals surface area (Å²) < 4.78 is 5.37. The first-order valence-electron chi connectivity index (χ1n) is 4.62. The molecule has 2 N–H and O–H groups in total. The molecule has 0 spiro atoms. The maximum atomic E-state index is 10.5. The number of hydrogen-bond acceptors (Lipinski definition) is 4. The lowest BCUT2D eigenvalue weighted by molar-refractivity contribution is -0.135. The van der Waals surface area contributed by atoms with Crippen LogP contribution in [0.5, 0.6) is 0 Å². The van der Waals surface area contributed by atoms with Gasteiger partial charge in [-0.3, -0.25) is 4.79 Å². The number of oxime groups is 1. The summed E-state index contributed by atoms with van der Waals surface area (Å²) in [7, 11) is 0. The summed E-state index contributed by atoms with van der Waals surface area (Å²) in [6.07, 6.45) is -0.379. The number of furan rings is 1. The van der Waals surface area contributed by atoms with Crippen molar-refractivity contribution in [2.45, 2.75) is 6.42 Å². The molecular formula is C11H9NO4. The lowest BCUT2D eigenvalue weighted by Crippen LogP contribution is -2.07. The minimum Gasteiger partial charge on any atom is -0.481 e. The van der Waals surface area contributed by atoms with Crippen molar-refractivity contribution in [2.24, 2.45) is 5.16 Å². The molecule has 16 heavy (non-hydrogen) atoms. The Morgan fingerprint density at radius 1 is 1.38 bits per heavy atom. The molecule has 2 rings (SSSR count). The van der Waals surface area contributed by atoms with Crippen molar-refractivity contribution in [3.63, 3.8) is 0 Å². The topological polar surface area (TPSA) is 83.0 Å². The van der Waals surface area contributed by atoms with Gasteiger partial charge in [0.15, 0.2) is 5.76 Å². The fourth-order valence-corrected chi connectivity index (χ4v) is 1.44. The van der Waals surface area contributed by atoms with Gasteiger partial charge in [0, 0.05) is 5.39 Å². The molecule has 0 bridgehead atoms. The van der Waals surface area contributed by atoms with E-state index in [1.165, 1.54) is 0 Å².